The van der Waals surface area contributed by atoms with Crippen LogP contribution in [0.3, 0.4) is 0 Å². The molecule has 0 heterocycles. The highest BCUT2D eigenvalue weighted by molar-refractivity contribution is 5.77. The minimum atomic E-state index is -0.949. The van der Waals surface area contributed by atoms with Crippen LogP contribution in [0.5, 0.6) is 0 Å². The molecule has 0 saturated heterocycles. The predicted octanol–water partition coefficient (Wildman–Crippen LogP) is 1.61. The van der Waals surface area contributed by atoms with Crippen molar-refractivity contribution in [2.75, 3.05) is 0 Å². The Kier molecular flexibility index (Phi) is 4.09. The summed E-state index contributed by atoms with van der Waals surface area (Å²) in [5.74, 6) is -2.49. The Balaban J connectivity index is 2.09. The zero-order chi connectivity index (χ0) is 14.9. The van der Waals surface area contributed by atoms with Gasteiger partial charge in [-0.1, -0.05) is 36.8 Å². The van der Waals surface area contributed by atoms with E-state index in [0.29, 0.717) is 6.42 Å². The molecular formula is C15H19NO4. The molecule has 0 bridgehead atoms. The average molecular weight is 277 g/mol. The van der Waals surface area contributed by atoms with Crippen molar-refractivity contribution in [3.63, 3.8) is 0 Å². The van der Waals surface area contributed by atoms with E-state index in [0.717, 1.165) is 11.1 Å². The van der Waals surface area contributed by atoms with E-state index in [2.05, 4.69) is 5.32 Å². The molecule has 0 spiro atoms. The monoisotopic (exact) mass is 277 g/mol. The zero-order valence-electron chi connectivity index (χ0n) is 11.5. The van der Waals surface area contributed by atoms with Crippen molar-refractivity contribution in [1.29, 1.82) is 0 Å². The summed E-state index contributed by atoms with van der Waals surface area (Å²) < 4.78 is 0. The van der Waals surface area contributed by atoms with Crippen LogP contribution >= 0.6 is 0 Å². The van der Waals surface area contributed by atoms with Gasteiger partial charge in [0.1, 0.15) is 6.04 Å². The first-order chi connectivity index (χ1) is 9.40. The van der Waals surface area contributed by atoms with Gasteiger partial charge in [0.15, 0.2) is 0 Å². The third-order valence-electron chi connectivity index (χ3n) is 3.84. The Hall–Kier alpha value is -1.88. The van der Waals surface area contributed by atoms with Gasteiger partial charge in [-0.15, -0.1) is 0 Å². The molecule has 1 aromatic rings. The zero-order valence-corrected chi connectivity index (χ0v) is 11.5. The first kappa shape index (κ1) is 14.5. The van der Waals surface area contributed by atoms with Crippen molar-refractivity contribution < 1.29 is 19.8 Å². The summed E-state index contributed by atoms with van der Waals surface area (Å²) >= 11 is 0. The van der Waals surface area contributed by atoms with Crippen LogP contribution in [0.1, 0.15) is 30.4 Å². The summed E-state index contributed by atoms with van der Waals surface area (Å²) in [6.07, 6.45) is 0.500. The highest BCUT2D eigenvalue weighted by Crippen LogP contribution is 2.32. The second-order valence-corrected chi connectivity index (χ2v) is 5.47. The quantitative estimate of drug-likeness (QED) is 0.735. The maximum absolute atomic E-state index is 11.4. The lowest BCUT2D eigenvalue weighted by Crippen LogP contribution is -2.43. The lowest BCUT2D eigenvalue weighted by molar-refractivity contribution is -0.141. The first-order valence-corrected chi connectivity index (χ1v) is 6.68. The molecular weight excluding hydrogens is 258 g/mol. The van der Waals surface area contributed by atoms with Crippen molar-refractivity contribution in [2.24, 2.45) is 5.92 Å². The van der Waals surface area contributed by atoms with E-state index in [1.165, 1.54) is 0 Å². The molecule has 4 unspecified atom stereocenters. The van der Waals surface area contributed by atoms with Crippen LogP contribution in [0, 0.1) is 12.8 Å². The molecule has 0 amide bonds. The van der Waals surface area contributed by atoms with Crippen molar-refractivity contribution in [3.8, 4) is 0 Å². The van der Waals surface area contributed by atoms with Gasteiger partial charge in [0, 0.05) is 12.0 Å². The Labute approximate surface area is 117 Å². The second kappa shape index (κ2) is 5.63. The van der Waals surface area contributed by atoms with Gasteiger partial charge in [-0.2, -0.15) is 0 Å². The van der Waals surface area contributed by atoms with Crippen LogP contribution < -0.4 is 5.32 Å². The predicted molar refractivity (Wildman–Crippen MR) is 73.7 cm³/mol. The average Bonchev–Trinajstić information content (AvgIpc) is 3.14. The highest BCUT2D eigenvalue weighted by atomic mass is 16.4. The molecule has 0 radical (unpaired) electrons. The number of aryl methyl sites for hydroxylation is 1. The Morgan fingerprint density at radius 3 is 2.55 bits per heavy atom. The molecule has 1 saturated carbocycles. The standard InChI is InChI=1S/C15H19NO4/c1-8-4-3-5-10(6-8)9(2)13(15(19)20)16-12-7-11(12)14(17)18/h3-6,9,11-13,16H,7H2,1-2H3,(H,17,18)(H,19,20). The lowest BCUT2D eigenvalue weighted by atomic mass is 9.92. The van der Waals surface area contributed by atoms with Crippen molar-refractivity contribution in [3.05, 3.63) is 35.4 Å². The van der Waals surface area contributed by atoms with Gasteiger partial charge in [-0.3, -0.25) is 9.59 Å². The third kappa shape index (κ3) is 3.17. The molecule has 2 rings (SSSR count). The van der Waals surface area contributed by atoms with E-state index in [-0.39, 0.29) is 12.0 Å². The summed E-state index contributed by atoms with van der Waals surface area (Å²) in [6.45, 7) is 3.81. The van der Waals surface area contributed by atoms with Crippen LogP contribution in [-0.4, -0.2) is 34.2 Å². The maximum Gasteiger partial charge on any atom is 0.321 e. The molecule has 1 fully saturated rings. The van der Waals surface area contributed by atoms with Gasteiger partial charge in [-0.05, 0) is 18.9 Å². The number of rotatable bonds is 6. The van der Waals surface area contributed by atoms with Gasteiger partial charge in [0.2, 0.25) is 0 Å². The molecule has 4 atom stereocenters. The molecule has 0 aliphatic heterocycles. The van der Waals surface area contributed by atoms with E-state index < -0.39 is 23.9 Å². The molecule has 3 N–H and O–H groups in total. The molecule has 5 heteroatoms. The summed E-state index contributed by atoms with van der Waals surface area (Å²) in [5.41, 5.74) is 2.02. The van der Waals surface area contributed by atoms with E-state index in [9.17, 15) is 14.7 Å². The van der Waals surface area contributed by atoms with Gasteiger partial charge in [-0.25, -0.2) is 0 Å². The number of hydrogen-bond donors (Lipinski definition) is 3. The Morgan fingerprint density at radius 2 is 2.05 bits per heavy atom. The molecule has 20 heavy (non-hydrogen) atoms. The Bertz CT molecular complexity index is 528. The number of carboxylic acid groups (broad SMARTS) is 2. The third-order valence-corrected chi connectivity index (χ3v) is 3.84. The Morgan fingerprint density at radius 1 is 1.35 bits per heavy atom. The number of carbonyl (C=O) groups is 2. The van der Waals surface area contributed by atoms with Crippen molar-refractivity contribution in [1.82, 2.24) is 5.32 Å². The fourth-order valence-electron chi connectivity index (χ4n) is 2.46. The molecule has 108 valence electrons. The number of carboxylic acids is 2. The minimum absolute atomic E-state index is 0.220. The molecule has 1 aliphatic carbocycles. The van der Waals surface area contributed by atoms with Gasteiger partial charge < -0.3 is 15.5 Å². The van der Waals surface area contributed by atoms with Crippen LogP contribution in [0.4, 0.5) is 0 Å². The summed E-state index contributed by atoms with van der Waals surface area (Å²) in [5, 5.41) is 21.2. The maximum atomic E-state index is 11.4. The molecule has 1 aliphatic rings. The van der Waals surface area contributed by atoms with Gasteiger partial charge >= 0.3 is 11.9 Å². The van der Waals surface area contributed by atoms with Crippen LogP contribution in [0.15, 0.2) is 24.3 Å². The lowest BCUT2D eigenvalue weighted by Gasteiger charge is -2.22. The van der Waals surface area contributed by atoms with Crippen molar-refractivity contribution >= 4 is 11.9 Å². The largest absolute Gasteiger partial charge is 0.481 e. The topological polar surface area (TPSA) is 86.6 Å². The SMILES string of the molecule is Cc1cccc(C(C)C(NC2CC2C(=O)O)C(=O)O)c1. The number of benzene rings is 1. The molecule has 1 aromatic carbocycles. The fourth-order valence-corrected chi connectivity index (χ4v) is 2.46. The fraction of sp³-hybridized carbons (Fsp3) is 0.467. The normalized spacial score (nSPS) is 23.9. The summed E-state index contributed by atoms with van der Waals surface area (Å²) in [4.78, 5) is 22.2. The van der Waals surface area contributed by atoms with Gasteiger partial charge in [0.25, 0.3) is 0 Å². The van der Waals surface area contributed by atoms with Gasteiger partial charge in [0.05, 0.1) is 5.92 Å². The molecule has 0 aromatic heterocycles. The molecule has 5 nitrogen and oxygen atoms in total. The van der Waals surface area contributed by atoms with E-state index in [1.807, 2.05) is 38.1 Å². The first-order valence-electron chi connectivity index (χ1n) is 6.68. The van der Waals surface area contributed by atoms with E-state index >= 15 is 0 Å². The summed E-state index contributed by atoms with van der Waals surface area (Å²) in [7, 11) is 0. The number of nitrogens with one attached hydrogen (secondary N) is 1. The van der Waals surface area contributed by atoms with E-state index in [1.54, 1.807) is 0 Å². The van der Waals surface area contributed by atoms with E-state index in [4.69, 9.17) is 5.11 Å². The van der Waals surface area contributed by atoms with Crippen LogP contribution in [-0.2, 0) is 9.59 Å². The number of hydrogen-bond acceptors (Lipinski definition) is 3. The highest BCUT2D eigenvalue weighted by Gasteiger charge is 2.45. The number of aliphatic carboxylic acids is 2. The van der Waals surface area contributed by atoms with Crippen molar-refractivity contribution in [2.45, 2.75) is 38.3 Å². The second-order valence-electron chi connectivity index (χ2n) is 5.47. The van der Waals surface area contributed by atoms with Crippen LogP contribution in [0.25, 0.3) is 0 Å². The minimum Gasteiger partial charge on any atom is -0.481 e. The smallest absolute Gasteiger partial charge is 0.321 e. The van der Waals surface area contributed by atoms with Crippen LogP contribution in [0.2, 0.25) is 0 Å². The summed E-state index contributed by atoms with van der Waals surface area (Å²) in [6, 6.07) is 6.71.